The lowest BCUT2D eigenvalue weighted by molar-refractivity contribution is 0.161. The second-order valence-corrected chi connectivity index (χ2v) is 4.37. The molecule has 1 heterocycles. The van der Waals surface area contributed by atoms with E-state index in [0.29, 0.717) is 30.1 Å². The Labute approximate surface area is 95.9 Å². The molecule has 16 heavy (non-hydrogen) atoms. The SMILES string of the molecule is CCc1nc(CC(C)C)c(=O)n(O)c1CC. The molecule has 0 aliphatic heterocycles. The largest absolute Gasteiger partial charge is 0.425 e. The molecule has 0 amide bonds. The lowest BCUT2D eigenvalue weighted by atomic mass is 10.1. The van der Waals surface area contributed by atoms with E-state index in [1.165, 1.54) is 0 Å². The summed E-state index contributed by atoms with van der Waals surface area (Å²) in [6.07, 6.45) is 1.95. The third-order valence-electron chi connectivity index (χ3n) is 2.57. The van der Waals surface area contributed by atoms with E-state index in [1.807, 2.05) is 27.7 Å². The predicted octanol–water partition coefficient (Wildman–Crippen LogP) is 1.80. The first-order chi connectivity index (χ1) is 7.51. The van der Waals surface area contributed by atoms with Crippen molar-refractivity contribution in [2.45, 2.75) is 47.0 Å². The Bertz CT molecular complexity index is 422. The van der Waals surface area contributed by atoms with Gasteiger partial charge in [-0.15, -0.1) is 4.73 Å². The van der Waals surface area contributed by atoms with Crippen molar-refractivity contribution in [3.8, 4) is 0 Å². The zero-order chi connectivity index (χ0) is 12.3. The van der Waals surface area contributed by atoms with E-state index in [9.17, 15) is 10.0 Å². The second-order valence-electron chi connectivity index (χ2n) is 4.37. The summed E-state index contributed by atoms with van der Waals surface area (Å²) in [4.78, 5) is 16.2. The van der Waals surface area contributed by atoms with E-state index < -0.39 is 0 Å². The molecule has 0 bridgehead atoms. The first kappa shape index (κ1) is 12.7. The fraction of sp³-hybridized carbons (Fsp3) is 0.667. The van der Waals surface area contributed by atoms with Gasteiger partial charge in [-0.1, -0.05) is 27.7 Å². The Morgan fingerprint density at radius 3 is 2.31 bits per heavy atom. The fourth-order valence-electron chi connectivity index (χ4n) is 1.80. The van der Waals surface area contributed by atoms with E-state index in [0.717, 1.165) is 16.8 Å². The van der Waals surface area contributed by atoms with Crippen LogP contribution in [0.3, 0.4) is 0 Å². The van der Waals surface area contributed by atoms with Crippen molar-refractivity contribution in [1.29, 1.82) is 0 Å². The third kappa shape index (κ3) is 2.43. The minimum Gasteiger partial charge on any atom is -0.425 e. The number of aryl methyl sites for hydroxylation is 1. The van der Waals surface area contributed by atoms with Gasteiger partial charge in [0, 0.05) is 0 Å². The van der Waals surface area contributed by atoms with Crippen LogP contribution < -0.4 is 5.56 Å². The molecule has 0 aliphatic carbocycles. The molecule has 0 radical (unpaired) electrons. The predicted molar refractivity (Wildman–Crippen MR) is 63.0 cm³/mol. The van der Waals surface area contributed by atoms with E-state index in [-0.39, 0.29) is 5.56 Å². The van der Waals surface area contributed by atoms with Crippen molar-refractivity contribution in [3.05, 3.63) is 27.4 Å². The van der Waals surface area contributed by atoms with Gasteiger partial charge >= 0.3 is 5.56 Å². The summed E-state index contributed by atoms with van der Waals surface area (Å²) in [5, 5.41) is 9.77. The van der Waals surface area contributed by atoms with Crippen molar-refractivity contribution in [1.82, 2.24) is 9.71 Å². The van der Waals surface area contributed by atoms with Crippen LogP contribution in [0.5, 0.6) is 0 Å². The van der Waals surface area contributed by atoms with Crippen molar-refractivity contribution in [2.75, 3.05) is 0 Å². The lowest BCUT2D eigenvalue weighted by Crippen LogP contribution is -2.29. The van der Waals surface area contributed by atoms with E-state index in [2.05, 4.69) is 4.98 Å². The number of hydrogen-bond acceptors (Lipinski definition) is 3. The normalized spacial score (nSPS) is 11.1. The third-order valence-corrected chi connectivity index (χ3v) is 2.57. The summed E-state index contributed by atoms with van der Waals surface area (Å²) < 4.78 is 0.767. The summed E-state index contributed by atoms with van der Waals surface area (Å²) >= 11 is 0. The van der Waals surface area contributed by atoms with Crippen molar-refractivity contribution >= 4 is 0 Å². The van der Waals surface area contributed by atoms with Gasteiger partial charge in [0.25, 0.3) is 0 Å². The van der Waals surface area contributed by atoms with Crippen LogP contribution in [0.25, 0.3) is 0 Å². The monoisotopic (exact) mass is 224 g/mol. The molecule has 1 aromatic heterocycles. The van der Waals surface area contributed by atoms with Crippen molar-refractivity contribution < 1.29 is 5.21 Å². The van der Waals surface area contributed by atoms with E-state index in [4.69, 9.17) is 0 Å². The Kier molecular flexibility index (Phi) is 4.10. The number of hydrogen-bond donors (Lipinski definition) is 1. The minimum absolute atomic E-state index is 0.359. The first-order valence-corrected chi connectivity index (χ1v) is 5.84. The van der Waals surface area contributed by atoms with Gasteiger partial charge in [0.1, 0.15) is 5.69 Å². The van der Waals surface area contributed by atoms with Crippen LogP contribution in [0, 0.1) is 5.92 Å². The van der Waals surface area contributed by atoms with Gasteiger partial charge in [-0.05, 0) is 25.2 Å². The standard InChI is InChI=1S/C12H20N2O2/c1-5-9-11(6-2)14(16)12(15)10(13-9)7-8(3)4/h8,16H,5-7H2,1-4H3. The molecule has 0 fully saturated rings. The molecule has 1 N–H and O–H groups in total. The second kappa shape index (κ2) is 5.14. The summed E-state index contributed by atoms with van der Waals surface area (Å²) in [6.45, 7) is 7.94. The molecular weight excluding hydrogens is 204 g/mol. The molecule has 0 spiro atoms. The molecule has 0 atom stereocenters. The molecule has 4 nitrogen and oxygen atoms in total. The van der Waals surface area contributed by atoms with Gasteiger partial charge in [0.2, 0.25) is 0 Å². The molecule has 0 saturated heterocycles. The summed E-state index contributed by atoms with van der Waals surface area (Å²) in [5.41, 5.74) is 1.54. The lowest BCUT2D eigenvalue weighted by Gasteiger charge is -2.12. The molecule has 90 valence electrons. The van der Waals surface area contributed by atoms with Gasteiger partial charge in [0.05, 0.1) is 11.4 Å². The highest BCUT2D eigenvalue weighted by Crippen LogP contribution is 2.08. The Morgan fingerprint density at radius 1 is 1.25 bits per heavy atom. The van der Waals surface area contributed by atoms with Crippen LogP contribution in [0.1, 0.15) is 44.8 Å². The van der Waals surface area contributed by atoms with Gasteiger partial charge in [0.15, 0.2) is 0 Å². The Morgan fingerprint density at radius 2 is 1.88 bits per heavy atom. The summed E-state index contributed by atoms with van der Waals surface area (Å²) in [5.74, 6) is 0.359. The van der Waals surface area contributed by atoms with Crippen LogP contribution in [-0.4, -0.2) is 14.9 Å². The average molecular weight is 224 g/mol. The van der Waals surface area contributed by atoms with Gasteiger partial charge in [-0.2, -0.15) is 0 Å². The molecule has 4 heteroatoms. The number of aromatic nitrogens is 2. The fourth-order valence-corrected chi connectivity index (χ4v) is 1.80. The zero-order valence-corrected chi connectivity index (χ0v) is 10.4. The van der Waals surface area contributed by atoms with Crippen molar-refractivity contribution in [2.24, 2.45) is 5.92 Å². The summed E-state index contributed by atoms with van der Waals surface area (Å²) in [6, 6.07) is 0. The Balaban J connectivity index is 3.33. The van der Waals surface area contributed by atoms with Crippen LogP contribution in [0.4, 0.5) is 0 Å². The van der Waals surface area contributed by atoms with Crippen LogP contribution in [0.2, 0.25) is 0 Å². The maximum atomic E-state index is 11.8. The van der Waals surface area contributed by atoms with Crippen LogP contribution in [-0.2, 0) is 19.3 Å². The van der Waals surface area contributed by atoms with Crippen LogP contribution in [0.15, 0.2) is 4.79 Å². The Hall–Kier alpha value is -1.32. The number of nitrogens with zero attached hydrogens (tertiary/aromatic N) is 2. The quantitative estimate of drug-likeness (QED) is 0.793. The molecule has 0 saturated carbocycles. The van der Waals surface area contributed by atoms with E-state index >= 15 is 0 Å². The topological polar surface area (TPSA) is 55.1 Å². The molecule has 0 aliphatic rings. The highest BCUT2D eigenvalue weighted by Gasteiger charge is 2.14. The first-order valence-electron chi connectivity index (χ1n) is 5.84. The maximum absolute atomic E-state index is 11.8. The summed E-state index contributed by atoms with van der Waals surface area (Å²) in [7, 11) is 0. The van der Waals surface area contributed by atoms with Crippen LogP contribution >= 0.6 is 0 Å². The molecule has 1 rings (SSSR count). The molecule has 1 aromatic rings. The van der Waals surface area contributed by atoms with Crippen molar-refractivity contribution in [3.63, 3.8) is 0 Å². The van der Waals surface area contributed by atoms with E-state index in [1.54, 1.807) is 0 Å². The van der Waals surface area contributed by atoms with Gasteiger partial charge < -0.3 is 5.21 Å². The highest BCUT2D eigenvalue weighted by molar-refractivity contribution is 5.15. The molecule has 0 unspecified atom stereocenters. The van der Waals surface area contributed by atoms with Gasteiger partial charge in [-0.3, -0.25) is 9.78 Å². The molecule has 0 aromatic carbocycles. The minimum atomic E-state index is -0.372. The average Bonchev–Trinajstić information content (AvgIpc) is 2.24. The van der Waals surface area contributed by atoms with Gasteiger partial charge in [-0.25, -0.2) is 0 Å². The maximum Gasteiger partial charge on any atom is 0.304 e. The smallest absolute Gasteiger partial charge is 0.304 e. The highest BCUT2D eigenvalue weighted by atomic mass is 16.5. The molecular formula is C12H20N2O2. The zero-order valence-electron chi connectivity index (χ0n) is 10.4. The number of rotatable bonds is 4.